The summed E-state index contributed by atoms with van der Waals surface area (Å²) in [6.07, 6.45) is 0.180. The molecule has 2 rings (SSSR count). The number of anilines is 1. The van der Waals surface area contributed by atoms with Crippen LogP contribution in [0.1, 0.15) is 19.4 Å². The molecule has 0 atom stereocenters. The van der Waals surface area contributed by atoms with E-state index < -0.39 is 0 Å². The summed E-state index contributed by atoms with van der Waals surface area (Å²) in [7, 11) is 1.67. The largest absolute Gasteiger partial charge is 0.491 e. The molecule has 0 aliphatic rings. The summed E-state index contributed by atoms with van der Waals surface area (Å²) in [5.74, 6) is 1.74. The Balaban J connectivity index is 1.91. The Kier molecular flexibility index (Phi) is 6.76. The fraction of sp³-hybridized carbons (Fsp3) is 0.368. The molecular weight excluding hydrogens is 290 g/mol. The molecule has 4 nitrogen and oxygen atoms in total. The number of methoxy groups -OCH3 is 1. The summed E-state index contributed by atoms with van der Waals surface area (Å²) >= 11 is 0. The van der Waals surface area contributed by atoms with E-state index in [1.54, 1.807) is 7.11 Å². The van der Waals surface area contributed by atoms with E-state index >= 15 is 0 Å². The number of benzene rings is 2. The second kappa shape index (κ2) is 9.06. The number of hydrogen-bond acceptors (Lipinski definition) is 4. The second-order valence-corrected chi connectivity index (χ2v) is 5.54. The zero-order valence-corrected chi connectivity index (χ0v) is 14.0. The van der Waals surface area contributed by atoms with Gasteiger partial charge in [0, 0.05) is 25.4 Å². The summed E-state index contributed by atoms with van der Waals surface area (Å²) in [6.45, 7) is 5.92. The van der Waals surface area contributed by atoms with E-state index in [0.717, 1.165) is 23.7 Å². The third-order valence-electron chi connectivity index (χ3n) is 3.16. The number of nitrogens with one attached hydrogen (secondary N) is 1. The summed E-state index contributed by atoms with van der Waals surface area (Å²) in [4.78, 5) is 0. The van der Waals surface area contributed by atoms with Gasteiger partial charge in [0.05, 0.1) is 12.7 Å². The van der Waals surface area contributed by atoms with E-state index in [-0.39, 0.29) is 6.10 Å². The molecule has 0 saturated carbocycles. The minimum atomic E-state index is 0.180. The first kappa shape index (κ1) is 17.2. The van der Waals surface area contributed by atoms with Gasteiger partial charge in [-0.1, -0.05) is 18.2 Å². The molecule has 0 unspecified atom stereocenters. The molecule has 0 spiro atoms. The lowest BCUT2D eigenvalue weighted by Gasteiger charge is -2.12. The Bertz CT molecular complexity index is 599. The van der Waals surface area contributed by atoms with Crippen LogP contribution < -0.4 is 14.8 Å². The molecule has 0 aliphatic carbocycles. The molecule has 0 aromatic heterocycles. The van der Waals surface area contributed by atoms with Gasteiger partial charge in [-0.25, -0.2) is 0 Å². The van der Waals surface area contributed by atoms with E-state index in [9.17, 15) is 0 Å². The average Bonchev–Trinajstić information content (AvgIpc) is 2.53. The van der Waals surface area contributed by atoms with Crippen LogP contribution in [-0.2, 0) is 11.3 Å². The summed E-state index contributed by atoms with van der Waals surface area (Å²) in [6, 6.07) is 16.1. The predicted octanol–water partition coefficient (Wildman–Crippen LogP) is 4.11. The highest BCUT2D eigenvalue weighted by Gasteiger charge is 2.01. The van der Waals surface area contributed by atoms with Gasteiger partial charge >= 0.3 is 0 Å². The van der Waals surface area contributed by atoms with Crippen molar-refractivity contribution in [2.75, 3.05) is 25.6 Å². The number of ether oxygens (including phenoxy) is 3. The van der Waals surface area contributed by atoms with Gasteiger partial charge in [-0.2, -0.15) is 0 Å². The fourth-order valence-corrected chi connectivity index (χ4v) is 2.14. The maximum atomic E-state index is 5.72. The normalized spacial score (nSPS) is 10.6. The predicted molar refractivity (Wildman–Crippen MR) is 93.3 cm³/mol. The highest BCUT2D eigenvalue weighted by Crippen LogP contribution is 2.19. The first-order valence-corrected chi connectivity index (χ1v) is 7.88. The topological polar surface area (TPSA) is 39.7 Å². The standard InChI is InChI=1S/C19H25NO3/c1-15(2)23-19-9-4-6-16(12-19)14-20-17-7-5-8-18(13-17)22-11-10-21-3/h4-9,12-13,15,20H,10-11,14H2,1-3H3. The minimum Gasteiger partial charge on any atom is -0.491 e. The zero-order chi connectivity index (χ0) is 16.5. The van der Waals surface area contributed by atoms with Crippen molar-refractivity contribution >= 4 is 5.69 Å². The Morgan fingerprint density at radius 1 is 0.957 bits per heavy atom. The first-order chi connectivity index (χ1) is 11.2. The summed E-state index contributed by atoms with van der Waals surface area (Å²) in [5, 5.41) is 3.41. The molecule has 2 aromatic carbocycles. The molecule has 0 saturated heterocycles. The van der Waals surface area contributed by atoms with Crippen molar-refractivity contribution in [2.45, 2.75) is 26.5 Å². The van der Waals surface area contributed by atoms with Crippen LogP contribution in [-0.4, -0.2) is 26.4 Å². The average molecular weight is 315 g/mol. The SMILES string of the molecule is COCCOc1cccc(NCc2cccc(OC(C)C)c2)c1. The van der Waals surface area contributed by atoms with E-state index in [0.29, 0.717) is 13.2 Å². The van der Waals surface area contributed by atoms with Gasteiger partial charge < -0.3 is 19.5 Å². The highest BCUT2D eigenvalue weighted by molar-refractivity contribution is 5.48. The van der Waals surface area contributed by atoms with E-state index in [2.05, 4.69) is 17.4 Å². The monoisotopic (exact) mass is 315 g/mol. The van der Waals surface area contributed by atoms with Gasteiger partial charge in [0.2, 0.25) is 0 Å². The van der Waals surface area contributed by atoms with Gasteiger partial charge in [-0.3, -0.25) is 0 Å². The minimum absolute atomic E-state index is 0.180. The van der Waals surface area contributed by atoms with Crippen LogP contribution in [0.5, 0.6) is 11.5 Å². The van der Waals surface area contributed by atoms with Gasteiger partial charge in [0.25, 0.3) is 0 Å². The molecule has 2 aromatic rings. The Morgan fingerprint density at radius 2 is 1.74 bits per heavy atom. The molecule has 0 aliphatic heterocycles. The molecule has 0 fully saturated rings. The van der Waals surface area contributed by atoms with E-state index in [4.69, 9.17) is 14.2 Å². The van der Waals surface area contributed by atoms with Gasteiger partial charge in [0.15, 0.2) is 0 Å². The lowest BCUT2D eigenvalue weighted by Crippen LogP contribution is -2.06. The van der Waals surface area contributed by atoms with Crippen LogP contribution in [0.3, 0.4) is 0 Å². The maximum Gasteiger partial charge on any atom is 0.121 e. The molecule has 23 heavy (non-hydrogen) atoms. The van der Waals surface area contributed by atoms with E-state index in [1.165, 1.54) is 5.56 Å². The smallest absolute Gasteiger partial charge is 0.121 e. The zero-order valence-electron chi connectivity index (χ0n) is 14.0. The molecule has 4 heteroatoms. The number of hydrogen-bond donors (Lipinski definition) is 1. The molecule has 0 bridgehead atoms. The lowest BCUT2D eigenvalue weighted by molar-refractivity contribution is 0.146. The van der Waals surface area contributed by atoms with Crippen molar-refractivity contribution in [1.29, 1.82) is 0 Å². The third kappa shape index (κ3) is 6.20. The van der Waals surface area contributed by atoms with Gasteiger partial charge in [-0.05, 0) is 43.7 Å². The van der Waals surface area contributed by atoms with Crippen molar-refractivity contribution in [3.63, 3.8) is 0 Å². The molecule has 1 N–H and O–H groups in total. The van der Waals surface area contributed by atoms with Gasteiger partial charge in [0.1, 0.15) is 18.1 Å². The third-order valence-corrected chi connectivity index (χ3v) is 3.16. The van der Waals surface area contributed by atoms with Crippen LogP contribution in [0, 0.1) is 0 Å². The molecule has 124 valence electrons. The Hall–Kier alpha value is -2.20. The van der Waals surface area contributed by atoms with Crippen molar-refractivity contribution in [2.24, 2.45) is 0 Å². The molecule has 0 heterocycles. The van der Waals surface area contributed by atoms with Crippen molar-refractivity contribution < 1.29 is 14.2 Å². The van der Waals surface area contributed by atoms with Crippen LogP contribution >= 0.6 is 0 Å². The van der Waals surface area contributed by atoms with Crippen LogP contribution in [0.25, 0.3) is 0 Å². The van der Waals surface area contributed by atoms with Gasteiger partial charge in [-0.15, -0.1) is 0 Å². The molecule has 0 amide bonds. The van der Waals surface area contributed by atoms with E-state index in [1.807, 2.05) is 50.2 Å². The number of rotatable bonds is 9. The van der Waals surface area contributed by atoms with Crippen LogP contribution in [0.2, 0.25) is 0 Å². The lowest BCUT2D eigenvalue weighted by atomic mass is 10.2. The Morgan fingerprint density at radius 3 is 2.52 bits per heavy atom. The van der Waals surface area contributed by atoms with Crippen molar-refractivity contribution in [3.8, 4) is 11.5 Å². The quantitative estimate of drug-likeness (QED) is 0.707. The highest BCUT2D eigenvalue weighted by atomic mass is 16.5. The van der Waals surface area contributed by atoms with Crippen molar-refractivity contribution in [3.05, 3.63) is 54.1 Å². The summed E-state index contributed by atoms with van der Waals surface area (Å²) < 4.78 is 16.3. The maximum absolute atomic E-state index is 5.72. The summed E-state index contributed by atoms with van der Waals surface area (Å²) in [5.41, 5.74) is 2.20. The van der Waals surface area contributed by atoms with Crippen LogP contribution in [0.4, 0.5) is 5.69 Å². The molecular formula is C19H25NO3. The van der Waals surface area contributed by atoms with Crippen molar-refractivity contribution in [1.82, 2.24) is 0 Å². The Labute approximate surface area is 138 Å². The molecule has 0 radical (unpaired) electrons. The second-order valence-electron chi connectivity index (χ2n) is 5.54. The fourth-order valence-electron chi connectivity index (χ4n) is 2.14. The van der Waals surface area contributed by atoms with Crippen LogP contribution in [0.15, 0.2) is 48.5 Å². The first-order valence-electron chi connectivity index (χ1n) is 7.88.